The number of benzene rings is 1. The van der Waals surface area contributed by atoms with Crippen LogP contribution in [0.4, 0.5) is 0 Å². The molecule has 24 heavy (non-hydrogen) atoms. The molecule has 0 N–H and O–H groups in total. The van der Waals surface area contributed by atoms with Crippen molar-refractivity contribution in [3.8, 4) is 0 Å². The molecule has 0 saturated carbocycles. The Hall–Kier alpha value is -1.70. The monoisotopic (exact) mass is 361 g/mol. The Morgan fingerprint density at radius 2 is 1.88 bits per heavy atom. The van der Waals surface area contributed by atoms with Gasteiger partial charge in [0.15, 0.2) is 0 Å². The molecule has 7 heteroatoms. The standard InChI is InChI=1S/C17H19N3O2S2/c1-18-7-9-19(10-8-18)15(21)12-20-16(22)14(24-17(20)23)11-13-5-3-2-4-6-13/h2-6,11H,7-10,12H2,1H3/b14-11+. The summed E-state index contributed by atoms with van der Waals surface area (Å²) in [7, 11) is 2.04. The van der Waals surface area contributed by atoms with Gasteiger partial charge in [-0.1, -0.05) is 54.3 Å². The summed E-state index contributed by atoms with van der Waals surface area (Å²) in [6.45, 7) is 3.14. The Bertz CT molecular complexity index is 682. The fourth-order valence-corrected chi connectivity index (χ4v) is 3.88. The van der Waals surface area contributed by atoms with E-state index in [0.29, 0.717) is 22.3 Å². The predicted octanol–water partition coefficient (Wildman–Crippen LogP) is 1.66. The number of nitrogens with zero attached hydrogens (tertiary/aromatic N) is 3. The molecule has 2 fully saturated rings. The largest absolute Gasteiger partial charge is 0.339 e. The first kappa shape index (κ1) is 17.1. The molecule has 0 atom stereocenters. The van der Waals surface area contributed by atoms with E-state index in [-0.39, 0.29) is 18.4 Å². The van der Waals surface area contributed by atoms with Gasteiger partial charge >= 0.3 is 0 Å². The third-order valence-electron chi connectivity index (χ3n) is 4.12. The second-order valence-electron chi connectivity index (χ2n) is 5.86. The van der Waals surface area contributed by atoms with Gasteiger partial charge in [-0.05, 0) is 18.7 Å². The minimum Gasteiger partial charge on any atom is -0.339 e. The Morgan fingerprint density at radius 3 is 2.54 bits per heavy atom. The number of carbonyl (C=O) groups excluding carboxylic acids is 2. The maximum absolute atomic E-state index is 12.6. The number of hydrogen-bond acceptors (Lipinski definition) is 5. The molecule has 2 aliphatic heterocycles. The van der Waals surface area contributed by atoms with E-state index in [4.69, 9.17) is 12.2 Å². The zero-order valence-electron chi connectivity index (χ0n) is 13.5. The number of thioether (sulfide) groups is 1. The smallest absolute Gasteiger partial charge is 0.266 e. The third kappa shape index (κ3) is 3.85. The number of rotatable bonds is 3. The highest BCUT2D eigenvalue weighted by atomic mass is 32.2. The number of amides is 2. The van der Waals surface area contributed by atoms with Gasteiger partial charge in [0.1, 0.15) is 10.9 Å². The summed E-state index contributed by atoms with van der Waals surface area (Å²) in [5, 5.41) is 0. The molecule has 2 amide bonds. The molecule has 0 unspecified atom stereocenters. The van der Waals surface area contributed by atoms with Crippen LogP contribution in [0.15, 0.2) is 35.2 Å². The number of likely N-dealkylation sites (N-methyl/N-ethyl adjacent to an activating group) is 1. The lowest BCUT2D eigenvalue weighted by atomic mass is 10.2. The van der Waals surface area contributed by atoms with E-state index in [1.54, 1.807) is 4.90 Å². The third-order valence-corrected chi connectivity index (χ3v) is 5.50. The fourth-order valence-electron chi connectivity index (χ4n) is 2.63. The molecule has 126 valence electrons. The average Bonchev–Trinajstić information content (AvgIpc) is 2.84. The maximum atomic E-state index is 12.6. The van der Waals surface area contributed by atoms with Crippen LogP contribution in [0.2, 0.25) is 0 Å². The summed E-state index contributed by atoms with van der Waals surface area (Å²) in [5.74, 6) is -0.225. The van der Waals surface area contributed by atoms with E-state index in [1.165, 1.54) is 16.7 Å². The van der Waals surface area contributed by atoms with Gasteiger partial charge in [-0.25, -0.2) is 0 Å². The minimum absolute atomic E-state index is 0.0283. The molecule has 1 aromatic rings. The highest BCUT2D eigenvalue weighted by molar-refractivity contribution is 8.26. The topological polar surface area (TPSA) is 43.9 Å². The van der Waals surface area contributed by atoms with Crippen molar-refractivity contribution in [1.82, 2.24) is 14.7 Å². The van der Waals surface area contributed by atoms with E-state index in [0.717, 1.165) is 18.7 Å². The second-order valence-corrected chi connectivity index (χ2v) is 7.54. The quantitative estimate of drug-likeness (QED) is 0.605. The van der Waals surface area contributed by atoms with Gasteiger partial charge in [0, 0.05) is 26.2 Å². The van der Waals surface area contributed by atoms with Gasteiger partial charge in [0.05, 0.1) is 4.91 Å². The summed E-state index contributed by atoms with van der Waals surface area (Å²) in [5.41, 5.74) is 0.948. The van der Waals surface area contributed by atoms with Crippen LogP contribution in [-0.4, -0.2) is 70.6 Å². The van der Waals surface area contributed by atoms with E-state index in [1.807, 2.05) is 43.5 Å². The highest BCUT2D eigenvalue weighted by Gasteiger charge is 2.34. The molecule has 2 saturated heterocycles. The Kier molecular flexibility index (Phi) is 5.33. The molecule has 5 nitrogen and oxygen atoms in total. The number of carbonyl (C=O) groups is 2. The van der Waals surface area contributed by atoms with Crippen LogP contribution in [-0.2, 0) is 9.59 Å². The lowest BCUT2D eigenvalue weighted by Gasteiger charge is -2.33. The summed E-state index contributed by atoms with van der Waals surface area (Å²) >= 11 is 6.55. The Labute approximate surface area is 151 Å². The zero-order valence-corrected chi connectivity index (χ0v) is 15.1. The van der Waals surface area contributed by atoms with Crippen molar-refractivity contribution in [3.05, 3.63) is 40.8 Å². The van der Waals surface area contributed by atoms with E-state index < -0.39 is 0 Å². The van der Waals surface area contributed by atoms with Crippen molar-refractivity contribution in [2.75, 3.05) is 39.8 Å². The van der Waals surface area contributed by atoms with Crippen molar-refractivity contribution in [2.45, 2.75) is 0 Å². The molecule has 3 rings (SSSR count). The summed E-state index contributed by atoms with van der Waals surface area (Å²) in [4.78, 5) is 31.0. The molecule has 0 radical (unpaired) electrons. The van der Waals surface area contributed by atoms with Crippen LogP contribution in [0.25, 0.3) is 6.08 Å². The van der Waals surface area contributed by atoms with Crippen LogP contribution in [0.3, 0.4) is 0 Å². The van der Waals surface area contributed by atoms with Gasteiger partial charge in [0.2, 0.25) is 5.91 Å². The van der Waals surface area contributed by atoms with Gasteiger partial charge in [-0.3, -0.25) is 14.5 Å². The molecule has 2 aliphatic rings. The van der Waals surface area contributed by atoms with Crippen molar-refractivity contribution in [3.63, 3.8) is 0 Å². The molecule has 0 aromatic heterocycles. The van der Waals surface area contributed by atoms with Crippen LogP contribution in [0, 0.1) is 0 Å². The number of thiocarbonyl (C=S) groups is 1. The molecule has 0 aliphatic carbocycles. The molecule has 2 heterocycles. The minimum atomic E-state index is -0.184. The van der Waals surface area contributed by atoms with E-state index in [2.05, 4.69) is 4.90 Å². The highest BCUT2D eigenvalue weighted by Crippen LogP contribution is 2.32. The first-order valence-corrected chi connectivity index (χ1v) is 9.04. The van der Waals surface area contributed by atoms with Crippen molar-refractivity contribution in [1.29, 1.82) is 0 Å². The van der Waals surface area contributed by atoms with Crippen LogP contribution >= 0.6 is 24.0 Å². The van der Waals surface area contributed by atoms with Crippen molar-refractivity contribution < 1.29 is 9.59 Å². The molecular formula is C17H19N3O2S2. The lowest BCUT2D eigenvalue weighted by molar-refractivity contribution is -0.136. The Balaban J connectivity index is 1.66. The van der Waals surface area contributed by atoms with Crippen LogP contribution < -0.4 is 0 Å². The first-order valence-electron chi connectivity index (χ1n) is 7.81. The lowest BCUT2D eigenvalue weighted by Crippen LogP contribution is -2.50. The molecule has 0 spiro atoms. The predicted molar refractivity (Wildman–Crippen MR) is 100 cm³/mol. The van der Waals surface area contributed by atoms with Crippen LogP contribution in [0.1, 0.15) is 5.56 Å². The molecule has 0 bridgehead atoms. The Morgan fingerprint density at radius 1 is 1.21 bits per heavy atom. The normalized spacial score (nSPS) is 21.0. The summed E-state index contributed by atoms with van der Waals surface area (Å²) in [6.07, 6.45) is 1.82. The van der Waals surface area contributed by atoms with Crippen LogP contribution in [0.5, 0.6) is 0 Å². The molecule has 1 aromatic carbocycles. The summed E-state index contributed by atoms with van der Waals surface area (Å²) < 4.78 is 0.449. The summed E-state index contributed by atoms with van der Waals surface area (Å²) in [6, 6.07) is 9.63. The maximum Gasteiger partial charge on any atom is 0.266 e. The van der Waals surface area contributed by atoms with E-state index >= 15 is 0 Å². The van der Waals surface area contributed by atoms with Crippen molar-refractivity contribution >= 4 is 46.2 Å². The second kappa shape index (κ2) is 7.46. The number of hydrogen-bond donors (Lipinski definition) is 0. The average molecular weight is 361 g/mol. The van der Waals surface area contributed by atoms with Gasteiger partial charge < -0.3 is 9.80 Å². The first-order chi connectivity index (χ1) is 11.5. The van der Waals surface area contributed by atoms with Gasteiger partial charge in [-0.2, -0.15) is 0 Å². The SMILES string of the molecule is CN1CCN(C(=O)CN2C(=O)/C(=C\c3ccccc3)SC2=S)CC1. The van der Waals surface area contributed by atoms with Gasteiger partial charge in [-0.15, -0.1) is 0 Å². The number of piperazine rings is 1. The van der Waals surface area contributed by atoms with E-state index in [9.17, 15) is 9.59 Å². The molecular weight excluding hydrogens is 342 g/mol. The van der Waals surface area contributed by atoms with Crippen molar-refractivity contribution in [2.24, 2.45) is 0 Å². The van der Waals surface area contributed by atoms with Gasteiger partial charge in [0.25, 0.3) is 5.91 Å². The fraction of sp³-hybridized carbons (Fsp3) is 0.353. The zero-order chi connectivity index (χ0) is 17.1.